The molecule has 0 amide bonds. The van der Waals surface area contributed by atoms with Gasteiger partial charge in [0.25, 0.3) is 10.0 Å². The largest absolute Gasteiger partial charge is 0.497 e. The molecule has 4 rings (SSSR count). The Bertz CT molecular complexity index is 1470. The summed E-state index contributed by atoms with van der Waals surface area (Å²) in [5, 5.41) is 0. The van der Waals surface area contributed by atoms with Crippen molar-refractivity contribution in [3.05, 3.63) is 138 Å². The normalized spacial score (nSPS) is 12.0. The van der Waals surface area contributed by atoms with Crippen molar-refractivity contribution in [1.82, 2.24) is 4.31 Å². The van der Waals surface area contributed by atoms with E-state index in [1.54, 1.807) is 25.3 Å². The molecular weight excluding hydrogens is 512 g/mol. The van der Waals surface area contributed by atoms with Crippen LogP contribution in [0.5, 0.6) is 5.75 Å². The SMILES string of the molecule is COc1ccc(CS/N=C(/C=C/c2ccccc2)N(Cc2ccccc2)S(=O)(=O)c2ccc(C)cc2)cc1. The van der Waals surface area contributed by atoms with Gasteiger partial charge in [0.2, 0.25) is 0 Å². The number of ether oxygens (including phenoxy) is 1. The van der Waals surface area contributed by atoms with Crippen LogP contribution in [-0.4, -0.2) is 25.7 Å². The molecule has 5 nitrogen and oxygen atoms in total. The Balaban J connectivity index is 1.73. The number of benzene rings is 4. The van der Waals surface area contributed by atoms with Gasteiger partial charge in [0, 0.05) is 5.75 Å². The summed E-state index contributed by atoms with van der Waals surface area (Å²) in [6.07, 6.45) is 3.65. The maximum Gasteiger partial charge on any atom is 0.265 e. The average Bonchev–Trinajstić information content (AvgIpc) is 2.95. The molecule has 0 saturated carbocycles. The molecule has 0 fully saturated rings. The van der Waals surface area contributed by atoms with Gasteiger partial charge in [0.05, 0.1) is 18.6 Å². The zero-order valence-electron chi connectivity index (χ0n) is 21.4. The third-order valence-electron chi connectivity index (χ3n) is 5.81. The first kappa shape index (κ1) is 27.2. The standard InChI is InChI=1S/C31H30N2O3S2/c1-25-13-20-30(21-14-25)38(34,35)33(23-27-11-7-4-8-12-27)31(22-17-26-9-5-3-6-10-26)32-37-24-28-15-18-29(36-2)19-16-28/h3-22H,23-24H2,1-2H3/b22-17+,32-31-. The van der Waals surface area contributed by atoms with Gasteiger partial charge in [-0.2, -0.15) is 4.40 Å². The van der Waals surface area contributed by atoms with Gasteiger partial charge >= 0.3 is 0 Å². The average molecular weight is 543 g/mol. The summed E-state index contributed by atoms with van der Waals surface area (Å²) in [6.45, 7) is 2.08. The lowest BCUT2D eigenvalue weighted by Gasteiger charge is -2.24. The van der Waals surface area contributed by atoms with E-state index in [-0.39, 0.29) is 11.4 Å². The van der Waals surface area contributed by atoms with Crippen molar-refractivity contribution in [2.45, 2.75) is 24.1 Å². The molecule has 0 aliphatic rings. The van der Waals surface area contributed by atoms with E-state index < -0.39 is 10.0 Å². The number of hydrogen-bond donors (Lipinski definition) is 0. The Morgan fingerprint density at radius 1 is 0.842 bits per heavy atom. The smallest absolute Gasteiger partial charge is 0.265 e. The minimum atomic E-state index is -3.90. The Kier molecular flexibility index (Phi) is 9.40. The van der Waals surface area contributed by atoms with Crippen molar-refractivity contribution in [3.63, 3.8) is 0 Å². The summed E-state index contributed by atoms with van der Waals surface area (Å²) >= 11 is 1.31. The third kappa shape index (κ3) is 7.37. The van der Waals surface area contributed by atoms with Crippen LogP contribution in [0.25, 0.3) is 6.08 Å². The Morgan fingerprint density at radius 2 is 1.47 bits per heavy atom. The minimum absolute atomic E-state index is 0.151. The number of aryl methyl sites for hydroxylation is 1. The molecular formula is C31H30N2O3S2. The van der Waals surface area contributed by atoms with Gasteiger partial charge < -0.3 is 4.74 Å². The van der Waals surface area contributed by atoms with Crippen LogP contribution in [0.15, 0.2) is 125 Å². The summed E-state index contributed by atoms with van der Waals surface area (Å²) < 4.78 is 39.4. The number of nitrogens with zero attached hydrogens (tertiary/aromatic N) is 2. The summed E-state index contributed by atoms with van der Waals surface area (Å²) in [5.74, 6) is 1.71. The molecule has 0 saturated heterocycles. The second-order valence-electron chi connectivity index (χ2n) is 8.63. The van der Waals surface area contributed by atoms with Gasteiger partial charge in [-0.3, -0.25) is 0 Å². The quantitative estimate of drug-likeness (QED) is 0.121. The van der Waals surface area contributed by atoms with Crippen LogP contribution < -0.4 is 4.74 Å². The van der Waals surface area contributed by atoms with Gasteiger partial charge in [-0.25, -0.2) is 12.7 Å². The fourth-order valence-electron chi connectivity index (χ4n) is 3.66. The van der Waals surface area contributed by atoms with E-state index in [4.69, 9.17) is 9.13 Å². The maximum absolute atomic E-state index is 14.0. The van der Waals surface area contributed by atoms with Crippen LogP contribution >= 0.6 is 11.9 Å². The molecule has 0 N–H and O–H groups in total. The van der Waals surface area contributed by atoms with E-state index in [1.807, 2.05) is 110 Å². The van der Waals surface area contributed by atoms with Crippen LogP contribution in [0.1, 0.15) is 22.3 Å². The molecule has 4 aromatic rings. The van der Waals surface area contributed by atoms with Crippen molar-refractivity contribution in [1.29, 1.82) is 0 Å². The molecule has 0 bridgehead atoms. The molecule has 38 heavy (non-hydrogen) atoms. The van der Waals surface area contributed by atoms with Gasteiger partial charge in [-0.1, -0.05) is 96.6 Å². The van der Waals surface area contributed by atoms with Crippen molar-refractivity contribution in [3.8, 4) is 5.75 Å². The zero-order valence-corrected chi connectivity index (χ0v) is 23.0. The summed E-state index contributed by atoms with van der Waals surface area (Å²) in [4.78, 5) is 0.222. The molecule has 0 unspecified atom stereocenters. The second kappa shape index (κ2) is 13.1. The maximum atomic E-state index is 14.0. The molecule has 7 heteroatoms. The van der Waals surface area contributed by atoms with E-state index in [2.05, 4.69) is 0 Å². The van der Waals surface area contributed by atoms with Crippen molar-refractivity contribution >= 4 is 33.9 Å². The highest BCUT2D eigenvalue weighted by molar-refractivity contribution is 7.97. The number of hydrogen-bond acceptors (Lipinski definition) is 5. The number of sulfonamides is 1. The summed E-state index contributed by atoms with van der Waals surface area (Å²) in [6, 6.07) is 34.0. The minimum Gasteiger partial charge on any atom is -0.497 e. The lowest BCUT2D eigenvalue weighted by molar-refractivity contribution is 0.414. The van der Waals surface area contributed by atoms with Crippen LogP contribution in [0.4, 0.5) is 0 Å². The van der Waals surface area contributed by atoms with E-state index >= 15 is 0 Å². The van der Waals surface area contributed by atoms with Crippen molar-refractivity contribution < 1.29 is 13.2 Å². The van der Waals surface area contributed by atoms with Gasteiger partial charge in [-0.05, 0) is 65.9 Å². The lowest BCUT2D eigenvalue weighted by atomic mass is 10.2. The van der Waals surface area contributed by atoms with Gasteiger partial charge in [0.15, 0.2) is 5.84 Å². The molecule has 0 radical (unpaired) electrons. The predicted octanol–water partition coefficient (Wildman–Crippen LogP) is 7.15. The molecule has 0 aliphatic heterocycles. The van der Waals surface area contributed by atoms with E-state index in [0.29, 0.717) is 11.6 Å². The first-order valence-electron chi connectivity index (χ1n) is 12.1. The first-order chi connectivity index (χ1) is 18.5. The van der Waals surface area contributed by atoms with Crippen molar-refractivity contribution in [2.24, 2.45) is 4.40 Å². The van der Waals surface area contributed by atoms with Crippen molar-refractivity contribution in [2.75, 3.05) is 7.11 Å². The van der Waals surface area contributed by atoms with Crippen LogP contribution in [-0.2, 0) is 22.3 Å². The fourth-order valence-corrected chi connectivity index (χ4v) is 5.82. The zero-order chi connectivity index (χ0) is 26.8. The van der Waals surface area contributed by atoms with E-state index in [9.17, 15) is 8.42 Å². The van der Waals surface area contributed by atoms with Gasteiger partial charge in [-0.15, -0.1) is 0 Å². The highest BCUT2D eigenvalue weighted by Crippen LogP contribution is 2.24. The second-order valence-corrected chi connectivity index (χ2v) is 11.2. The molecule has 0 aliphatic carbocycles. The van der Waals surface area contributed by atoms with Crippen LogP contribution in [0.3, 0.4) is 0 Å². The first-order valence-corrected chi connectivity index (χ1v) is 14.5. The topological polar surface area (TPSA) is 59.0 Å². The molecule has 0 spiro atoms. The number of methoxy groups -OCH3 is 1. The van der Waals surface area contributed by atoms with Crippen LogP contribution in [0, 0.1) is 6.92 Å². The molecule has 0 aromatic heterocycles. The lowest BCUT2D eigenvalue weighted by Crippen LogP contribution is -2.35. The number of rotatable bonds is 10. The van der Waals surface area contributed by atoms with E-state index in [0.717, 1.165) is 28.0 Å². The Morgan fingerprint density at radius 3 is 2.11 bits per heavy atom. The molecule has 0 atom stereocenters. The molecule has 0 heterocycles. The third-order valence-corrected chi connectivity index (χ3v) is 8.35. The van der Waals surface area contributed by atoms with Gasteiger partial charge in [0.1, 0.15) is 5.75 Å². The number of amidine groups is 1. The molecule has 4 aromatic carbocycles. The fraction of sp³-hybridized carbons (Fsp3) is 0.129. The monoisotopic (exact) mass is 542 g/mol. The Hall–Kier alpha value is -3.81. The highest BCUT2D eigenvalue weighted by atomic mass is 32.2. The van der Waals surface area contributed by atoms with E-state index in [1.165, 1.54) is 16.3 Å². The summed E-state index contributed by atoms with van der Waals surface area (Å²) in [7, 11) is -2.27. The molecule has 194 valence electrons. The predicted molar refractivity (Wildman–Crippen MR) is 158 cm³/mol. The summed E-state index contributed by atoms with van der Waals surface area (Å²) in [5.41, 5.74) is 3.87. The Labute approximate surface area is 229 Å². The highest BCUT2D eigenvalue weighted by Gasteiger charge is 2.27. The van der Waals surface area contributed by atoms with Crippen LogP contribution in [0.2, 0.25) is 0 Å².